The van der Waals surface area contributed by atoms with Gasteiger partial charge in [-0.05, 0) is 277 Å². The molecule has 8 unspecified atom stereocenters. The van der Waals surface area contributed by atoms with Crippen LogP contribution < -0.4 is 0 Å². The number of benzene rings is 11. The fourth-order valence-electron chi connectivity index (χ4n) is 17.1. The van der Waals surface area contributed by atoms with Crippen LogP contribution in [-0.4, -0.2) is 110 Å². The van der Waals surface area contributed by atoms with Crippen molar-refractivity contribution in [3.63, 3.8) is 0 Å². The Morgan fingerprint density at radius 1 is 0.255 bits per heavy atom. The molecule has 0 bridgehead atoms. The van der Waals surface area contributed by atoms with E-state index in [1.807, 2.05) is 142 Å². The van der Waals surface area contributed by atoms with Gasteiger partial charge >= 0.3 is 0 Å². The maximum atomic E-state index is 9.78. The van der Waals surface area contributed by atoms with E-state index in [1.54, 1.807) is 20.8 Å². The van der Waals surface area contributed by atoms with Gasteiger partial charge in [0.2, 0.25) is 0 Å². The quantitative estimate of drug-likeness (QED) is 0.0226. The maximum Gasteiger partial charge on any atom is 0.0613 e. The average molecular weight is 2720 g/mol. The molecule has 8 N–H and O–H groups in total. The summed E-state index contributed by atoms with van der Waals surface area (Å²) >= 11 is 0. The second kappa shape index (κ2) is 65.8. The van der Waals surface area contributed by atoms with E-state index in [-0.39, 0.29) is 121 Å². The summed E-state index contributed by atoms with van der Waals surface area (Å²) < 4.78 is 0. The largest absolute Gasteiger partial charge is 0.393 e. The predicted molar refractivity (Wildman–Crippen MR) is 611 cm³/mol. The van der Waals surface area contributed by atoms with Gasteiger partial charge in [0.1, 0.15) is 0 Å². The zero-order chi connectivity index (χ0) is 106. The molecule has 0 saturated heterocycles. The molecular weight excluding hydrogens is 2550 g/mol. The Kier molecular flexibility index (Phi) is 58.3. The van der Waals surface area contributed by atoms with Crippen LogP contribution in [0.25, 0.3) is 123 Å². The summed E-state index contributed by atoms with van der Waals surface area (Å²) in [6, 6.07) is 110. The maximum absolute atomic E-state index is 9.78. The molecule has 15 aromatic rings. The van der Waals surface area contributed by atoms with Crippen molar-refractivity contribution >= 4 is 10.8 Å². The number of hydrogen-bond donors (Lipinski definition) is 8. The molecule has 0 spiro atoms. The van der Waals surface area contributed by atoms with E-state index in [2.05, 4.69) is 359 Å². The number of aryl methyl sites for hydroxylation is 7. The van der Waals surface area contributed by atoms with Crippen molar-refractivity contribution in [3.8, 4) is 112 Å². The van der Waals surface area contributed by atoms with Gasteiger partial charge < -0.3 is 60.8 Å². The Morgan fingerprint density at radius 2 is 0.591 bits per heavy atom. The van der Waals surface area contributed by atoms with Crippen molar-refractivity contribution in [3.05, 3.63) is 373 Å². The van der Waals surface area contributed by atoms with Crippen LogP contribution in [0.5, 0.6) is 0 Å². The molecule has 12 nitrogen and oxygen atoms in total. The molecule has 0 aliphatic heterocycles. The van der Waals surface area contributed by atoms with E-state index in [0.717, 1.165) is 70.7 Å². The Bertz CT molecular complexity index is 6270. The standard InChI is InChI=1S/2C25H20N.C23H18N.C21H20N.C15H32O2.C11H24O2.C8H18O2.C5H12O2.4Ir/c1-18-8-6-9-19(2)25(18)23-14-15-26-24(17-23)22-13-7-12-21(16-22)20-10-4-3-5-11-20;1-18-7-6-8-19(2)25(18)23-15-16-26-24(17-23)22-13-11-21(12-14-22)20-9-4-3-5-10-20;1-16-6-5-7-17(2)23(16)21-12-13-24-22(15-21)20-11-10-18-8-3-4-9-19(18)14-20;1-15(2)19-11-7-8-16(3)21(19)18-12-13-22-20(14-18)17-9-5-4-6-10-17;1-12(2)7-5-9-14(16)11-15(17)10-6-8-13(3)4;1-10(2,3)8(12)7-9(13)11(4,5)6;1-6(9)5-7(10)8(2,3)4;1-4(6)3-5(2)7;;;;/h3-12,14-17H,1-2H3;3-13,15-17H,1-2H3;3-10,12-15H,1-2H3;4-9,11-15H,1-3H3;12-17H,5-11H2,1-4H3;8-9,12-13H,7H2,1-6H3;6-7,9-10H,5H2,1-4H3;4-7H,3H2,1-2H3;;;;/q4*-1;;;;;;;;. The van der Waals surface area contributed by atoms with Crippen molar-refractivity contribution in [1.82, 2.24) is 19.9 Å². The zero-order valence-electron chi connectivity index (χ0n) is 92.5. The summed E-state index contributed by atoms with van der Waals surface area (Å²) in [5, 5.41) is 76.9. The van der Waals surface area contributed by atoms with Crippen LogP contribution in [-0.2, 0) is 80.4 Å². The molecule has 4 heterocycles. The molecule has 4 radical (unpaired) electrons. The van der Waals surface area contributed by atoms with Gasteiger partial charge in [0.05, 0.1) is 48.8 Å². The van der Waals surface area contributed by atoms with Gasteiger partial charge in [0, 0.05) is 112 Å². The third-order valence-electron chi connectivity index (χ3n) is 25.8. The van der Waals surface area contributed by atoms with E-state index >= 15 is 0 Å². The number of aliphatic hydroxyl groups is 8. The van der Waals surface area contributed by atoms with Gasteiger partial charge in [-0.1, -0.05) is 328 Å². The van der Waals surface area contributed by atoms with E-state index in [0.29, 0.717) is 43.4 Å². The van der Waals surface area contributed by atoms with Crippen molar-refractivity contribution in [2.45, 2.75) is 292 Å². The van der Waals surface area contributed by atoms with E-state index in [9.17, 15) is 25.5 Å². The second-order valence-electron chi connectivity index (χ2n) is 43.3. The predicted octanol–water partition coefficient (Wildman–Crippen LogP) is 31.9. The summed E-state index contributed by atoms with van der Waals surface area (Å²) in [7, 11) is 0. The molecule has 0 amide bonds. The number of aromatic nitrogens is 4. The fourth-order valence-corrected chi connectivity index (χ4v) is 17.1. The first kappa shape index (κ1) is 132. The normalized spacial score (nSPS) is 12.6. The third kappa shape index (κ3) is 44.7. The van der Waals surface area contributed by atoms with Gasteiger partial charge in [-0.15, -0.1) is 130 Å². The Balaban J connectivity index is 0.000000363. The monoisotopic (exact) mass is 2720 g/mol. The molecule has 16 heteroatoms. The summed E-state index contributed by atoms with van der Waals surface area (Å²) in [6.45, 7) is 51.2. The topological polar surface area (TPSA) is 213 Å². The van der Waals surface area contributed by atoms with E-state index < -0.39 is 24.4 Å². The Labute approximate surface area is 948 Å². The van der Waals surface area contributed by atoms with Gasteiger partial charge in [0.25, 0.3) is 0 Å². The minimum Gasteiger partial charge on any atom is -0.393 e. The van der Waals surface area contributed by atoms with Gasteiger partial charge in [-0.25, -0.2) is 0 Å². The van der Waals surface area contributed by atoms with Crippen molar-refractivity contribution < 1.29 is 121 Å². The number of hydrogen-bond acceptors (Lipinski definition) is 12. The summed E-state index contributed by atoms with van der Waals surface area (Å²) in [6.07, 6.45) is 12.5. The minimum absolute atomic E-state index is 0. The van der Waals surface area contributed by atoms with Crippen molar-refractivity contribution in [2.24, 2.45) is 28.1 Å². The molecule has 0 aliphatic carbocycles. The van der Waals surface area contributed by atoms with Crippen LogP contribution in [0.1, 0.15) is 239 Å². The minimum atomic E-state index is -0.443. The van der Waals surface area contributed by atoms with Crippen LogP contribution >= 0.6 is 0 Å². The molecule has 0 saturated carbocycles. The SMILES string of the molecule is CC(C)(C)C(O)CC(O)C(C)(C)C.CC(C)CCCC(O)CC(O)CCCC(C)C.CC(O)CC(C)O.CC(O)CC(O)C(C)(C)C.Cc1cccc(C(C)C)c1-c1ccnc(-c2[c-]cccc2)c1.Cc1cccc(C)c1-c1ccnc(-c2[c-]cc(-c3ccccc3)cc2)c1.Cc1cccc(C)c1-c1ccnc(-c2[c-]cc3ccccc3c2)c1.Cc1cccc(C)c1-c1ccnc(-c2[c-]ccc(-c3ccccc3)c2)c1.[Ir].[Ir].[Ir].[Ir]. The fraction of sp³-hybridized carbons (Fsp3) is 0.368. The van der Waals surface area contributed by atoms with Gasteiger partial charge in [0.15, 0.2) is 0 Å². The summed E-state index contributed by atoms with van der Waals surface area (Å²) in [5.41, 5.74) is 32.7. The third-order valence-corrected chi connectivity index (χ3v) is 25.8. The van der Waals surface area contributed by atoms with Crippen molar-refractivity contribution in [1.29, 1.82) is 0 Å². The first-order valence-corrected chi connectivity index (χ1v) is 51.9. The second-order valence-corrected chi connectivity index (χ2v) is 43.3. The zero-order valence-corrected chi connectivity index (χ0v) is 102. The first-order valence-electron chi connectivity index (χ1n) is 51.9. The van der Waals surface area contributed by atoms with Crippen LogP contribution in [0.4, 0.5) is 0 Å². The number of fused-ring (bicyclic) bond motifs is 1. The molecule has 0 aliphatic rings. The number of pyridine rings is 4. The smallest absolute Gasteiger partial charge is 0.0613 e. The molecule has 8 atom stereocenters. The summed E-state index contributed by atoms with van der Waals surface area (Å²) in [4.78, 5) is 18.2. The molecule has 15 rings (SSSR count). The molecule has 804 valence electrons. The van der Waals surface area contributed by atoms with Crippen LogP contribution in [0.3, 0.4) is 0 Å². The average Bonchev–Trinajstić information content (AvgIpc) is 0.803. The van der Waals surface area contributed by atoms with Crippen LogP contribution in [0, 0.1) is 101 Å². The number of rotatable bonds is 27. The molecular formula is C133H164Ir4N4O8-4. The van der Waals surface area contributed by atoms with Gasteiger partial charge in [-0.2, -0.15) is 0 Å². The van der Waals surface area contributed by atoms with E-state index in [1.165, 1.54) is 135 Å². The molecule has 4 aromatic heterocycles. The Morgan fingerprint density at radius 3 is 0.946 bits per heavy atom. The first-order chi connectivity index (χ1) is 68.8. The van der Waals surface area contributed by atoms with Gasteiger partial charge in [-0.3, -0.25) is 0 Å². The summed E-state index contributed by atoms with van der Waals surface area (Å²) in [5.74, 6) is 1.91. The molecule has 11 aromatic carbocycles. The Hall–Kier alpha value is -9.44. The van der Waals surface area contributed by atoms with Crippen LogP contribution in [0.15, 0.2) is 304 Å². The van der Waals surface area contributed by atoms with Crippen molar-refractivity contribution in [2.75, 3.05) is 0 Å². The molecule has 149 heavy (non-hydrogen) atoms. The number of nitrogens with zero attached hydrogens (tertiary/aromatic N) is 4. The molecule has 0 fully saturated rings. The number of aliphatic hydroxyl groups excluding tert-OH is 8. The van der Waals surface area contributed by atoms with Crippen LogP contribution in [0.2, 0.25) is 0 Å². The van der Waals surface area contributed by atoms with E-state index in [4.69, 9.17) is 15.3 Å².